The second kappa shape index (κ2) is 7.15. The quantitative estimate of drug-likeness (QED) is 0.614. The van der Waals surface area contributed by atoms with Crippen molar-refractivity contribution in [3.05, 3.63) is 29.6 Å². The van der Waals surface area contributed by atoms with E-state index in [4.69, 9.17) is 21.1 Å². The minimum atomic E-state index is -0.373. The van der Waals surface area contributed by atoms with E-state index in [1.807, 2.05) is 0 Å². The second-order valence-electron chi connectivity index (χ2n) is 5.73. The van der Waals surface area contributed by atoms with Crippen molar-refractivity contribution in [1.29, 1.82) is 0 Å². The standard InChI is InChI=1S/C17H20ClFO2/c1-17(2)9-8-15(21-17)12-20-14-7-6-13(16(19)11-14)5-3-4-10-18/h6-7,11,15H,4,8-10,12H2,1-2H3. The molecule has 0 N–H and O–H groups in total. The molecule has 0 aromatic heterocycles. The molecule has 1 aromatic rings. The van der Waals surface area contributed by atoms with Crippen molar-refractivity contribution in [2.45, 2.75) is 44.8 Å². The fourth-order valence-electron chi connectivity index (χ4n) is 2.28. The minimum Gasteiger partial charge on any atom is -0.491 e. The van der Waals surface area contributed by atoms with E-state index in [0.717, 1.165) is 12.8 Å². The van der Waals surface area contributed by atoms with Crippen LogP contribution >= 0.6 is 11.6 Å². The highest BCUT2D eigenvalue weighted by Crippen LogP contribution is 2.29. The van der Waals surface area contributed by atoms with Gasteiger partial charge in [-0.3, -0.25) is 0 Å². The van der Waals surface area contributed by atoms with Crippen molar-refractivity contribution in [3.8, 4) is 17.6 Å². The summed E-state index contributed by atoms with van der Waals surface area (Å²) >= 11 is 5.53. The molecule has 2 rings (SSSR count). The van der Waals surface area contributed by atoms with Crippen molar-refractivity contribution < 1.29 is 13.9 Å². The first-order valence-corrected chi connectivity index (χ1v) is 7.69. The van der Waals surface area contributed by atoms with Crippen molar-refractivity contribution in [1.82, 2.24) is 0 Å². The molecule has 1 fully saturated rings. The summed E-state index contributed by atoms with van der Waals surface area (Å²) in [6.07, 6.45) is 2.61. The van der Waals surface area contributed by atoms with Crippen LogP contribution in [0.1, 0.15) is 38.7 Å². The Balaban J connectivity index is 1.90. The van der Waals surface area contributed by atoms with Crippen molar-refractivity contribution in [2.75, 3.05) is 12.5 Å². The first-order chi connectivity index (χ1) is 10.00. The molecule has 4 heteroatoms. The fraction of sp³-hybridized carbons (Fsp3) is 0.529. The molecule has 2 nitrogen and oxygen atoms in total. The van der Waals surface area contributed by atoms with Gasteiger partial charge in [0.15, 0.2) is 0 Å². The molecule has 1 aliphatic rings. The van der Waals surface area contributed by atoms with Crippen LogP contribution in [0, 0.1) is 17.7 Å². The summed E-state index contributed by atoms with van der Waals surface area (Å²) in [7, 11) is 0. The number of hydrogen-bond acceptors (Lipinski definition) is 2. The smallest absolute Gasteiger partial charge is 0.142 e. The van der Waals surface area contributed by atoms with Crippen LogP contribution in [0.5, 0.6) is 5.75 Å². The molecule has 0 spiro atoms. The fourth-order valence-corrected chi connectivity index (χ4v) is 2.37. The zero-order valence-electron chi connectivity index (χ0n) is 12.4. The maximum atomic E-state index is 13.9. The van der Waals surface area contributed by atoms with Gasteiger partial charge in [-0.05, 0) is 38.8 Å². The first-order valence-electron chi connectivity index (χ1n) is 7.15. The van der Waals surface area contributed by atoms with E-state index in [1.165, 1.54) is 6.07 Å². The van der Waals surface area contributed by atoms with Crippen LogP contribution in [-0.4, -0.2) is 24.2 Å². The summed E-state index contributed by atoms with van der Waals surface area (Å²) in [5.74, 6) is 6.16. The number of hydrogen-bond donors (Lipinski definition) is 0. The van der Waals surface area contributed by atoms with Crippen LogP contribution in [0.15, 0.2) is 18.2 Å². The highest BCUT2D eigenvalue weighted by atomic mass is 35.5. The van der Waals surface area contributed by atoms with E-state index < -0.39 is 0 Å². The van der Waals surface area contributed by atoms with Gasteiger partial charge in [0.05, 0.1) is 17.3 Å². The Labute approximate surface area is 130 Å². The molecule has 1 aliphatic heterocycles. The second-order valence-corrected chi connectivity index (χ2v) is 6.11. The van der Waals surface area contributed by atoms with Crippen LogP contribution in [0.25, 0.3) is 0 Å². The first kappa shape index (κ1) is 16.1. The monoisotopic (exact) mass is 310 g/mol. The molecule has 0 saturated carbocycles. The summed E-state index contributed by atoms with van der Waals surface area (Å²) in [5.41, 5.74) is 0.284. The van der Waals surface area contributed by atoms with Crippen molar-refractivity contribution in [2.24, 2.45) is 0 Å². The zero-order valence-corrected chi connectivity index (χ0v) is 13.2. The molecule has 0 radical (unpaired) electrons. The molecule has 1 saturated heterocycles. The van der Waals surface area contributed by atoms with E-state index in [1.54, 1.807) is 12.1 Å². The molecule has 0 amide bonds. The van der Waals surface area contributed by atoms with E-state index in [2.05, 4.69) is 25.7 Å². The lowest BCUT2D eigenvalue weighted by atomic mass is 10.1. The largest absolute Gasteiger partial charge is 0.491 e. The lowest BCUT2D eigenvalue weighted by Gasteiger charge is -2.19. The third-order valence-corrected chi connectivity index (χ3v) is 3.56. The summed E-state index contributed by atoms with van der Waals surface area (Å²) < 4.78 is 25.3. The number of rotatable bonds is 4. The molecule has 0 aliphatic carbocycles. The lowest BCUT2D eigenvalue weighted by Crippen LogP contribution is -2.23. The van der Waals surface area contributed by atoms with Crippen molar-refractivity contribution in [3.63, 3.8) is 0 Å². The van der Waals surface area contributed by atoms with Gasteiger partial charge in [-0.15, -0.1) is 11.6 Å². The number of benzene rings is 1. The number of ether oxygens (including phenoxy) is 2. The third-order valence-electron chi connectivity index (χ3n) is 3.37. The molecule has 114 valence electrons. The minimum absolute atomic E-state index is 0.0752. The Hall–Kier alpha value is -1.24. The predicted molar refractivity (Wildman–Crippen MR) is 82.3 cm³/mol. The Bertz CT molecular complexity index is 545. The summed E-state index contributed by atoms with van der Waals surface area (Å²) in [5, 5.41) is 0. The van der Waals surface area contributed by atoms with Gasteiger partial charge in [0.2, 0.25) is 0 Å². The van der Waals surface area contributed by atoms with Gasteiger partial charge in [0.1, 0.15) is 18.2 Å². The summed E-state index contributed by atoms with van der Waals surface area (Å²) in [6.45, 7) is 4.59. The van der Waals surface area contributed by atoms with Gasteiger partial charge >= 0.3 is 0 Å². The van der Waals surface area contributed by atoms with Crippen LogP contribution in [-0.2, 0) is 4.74 Å². The highest BCUT2D eigenvalue weighted by molar-refractivity contribution is 6.18. The topological polar surface area (TPSA) is 18.5 Å². The summed E-state index contributed by atoms with van der Waals surface area (Å²) in [6, 6.07) is 4.73. The maximum Gasteiger partial charge on any atom is 0.142 e. The Kier molecular flexibility index (Phi) is 5.50. The molecular weight excluding hydrogens is 291 g/mol. The number of halogens is 2. The van der Waals surface area contributed by atoms with Gasteiger partial charge in [-0.2, -0.15) is 0 Å². The lowest BCUT2D eigenvalue weighted by molar-refractivity contribution is -0.0326. The SMILES string of the molecule is CC1(C)CCC(COc2ccc(C#CCCCl)c(F)c2)O1. The van der Waals surface area contributed by atoms with Gasteiger partial charge in [-0.1, -0.05) is 11.8 Å². The molecular formula is C17H20ClFO2. The van der Waals surface area contributed by atoms with Crippen LogP contribution < -0.4 is 4.74 Å². The Morgan fingerprint density at radius 2 is 2.29 bits per heavy atom. The molecule has 1 unspecified atom stereocenters. The summed E-state index contributed by atoms with van der Waals surface area (Å²) in [4.78, 5) is 0. The van der Waals surface area contributed by atoms with Gasteiger partial charge in [-0.25, -0.2) is 4.39 Å². The normalized spacial score (nSPS) is 19.9. The molecule has 0 bridgehead atoms. The molecule has 1 aromatic carbocycles. The van der Waals surface area contributed by atoms with E-state index in [-0.39, 0.29) is 17.5 Å². The molecule has 1 atom stereocenters. The third kappa shape index (κ3) is 4.91. The predicted octanol–water partition coefficient (Wildman–Crippen LogP) is 4.14. The Morgan fingerprint density at radius 1 is 1.48 bits per heavy atom. The van der Waals surface area contributed by atoms with E-state index in [9.17, 15) is 4.39 Å². The van der Waals surface area contributed by atoms with E-state index in [0.29, 0.717) is 30.2 Å². The average Bonchev–Trinajstić information content (AvgIpc) is 2.78. The molecule has 1 heterocycles. The average molecular weight is 311 g/mol. The van der Waals surface area contributed by atoms with Gasteiger partial charge < -0.3 is 9.47 Å². The highest BCUT2D eigenvalue weighted by Gasteiger charge is 2.31. The van der Waals surface area contributed by atoms with Crippen LogP contribution in [0.4, 0.5) is 4.39 Å². The Morgan fingerprint density at radius 3 is 2.90 bits per heavy atom. The van der Waals surface area contributed by atoms with Crippen molar-refractivity contribution >= 4 is 11.6 Å². The van der Waals surface area contributed by atoms with Crippen LogP contribution in [0.2, 0.25) is 0 Å². The van der Waals surface area contributed by atoms with E-state index >= 15 is 0 Å². The van der Waals surface area contributed by atoms with Gasteiger partial charge in [0.25, 0.3) is 0 Å². The number of alkyl halides is 1. The molecule has 21 heavy (non-hydrogen) atoms. The van der Waals surface area contributed by atoms with Crippen LogP contribution in [0.3, 0.4) is 0 Å². The zero-order chi connectivity index (χ0) is 15.3. The maximum absolute atomic E-state index is 13.9. The van der Waals surface area contributed by atoms with Gasteiger partial charge in [0, 0.05) is 18.4 Å².